The summed E-state index contributed by atoms with van der Waals surface area (Å²) in [6.07, 6.45) is 3.62. The molecule has 1 unspecified atom stereocenters. The summed E-state index contributed by atoms with van der Waals surface area (Å²) in [6.45, 7) is 4.47. The smallest absolute Gasteiger partial charge is 0.0203 e. The summed E-state index contributed by atoms with van der Waals surface area (Å²) in [5.74, 6) is 2.51. The minimum atomic E-state index is 0.625. The van der Waals surface area contributed by atoms with Crippen molar-refractivity contribution in [3.63, 3.8) is 0 Å². The predicted octanol–water partition coefficient (Wildman–Crippen LogP) is 3.58. The SMILES string of the molecule is CCCSCC(Cc1ccc(CC)s1)NC. The van der Waals surface area contributed by atoms with Crippen LogP contribution < -0.4 is 5.32 Å². The summed E-state index contributed by atoms with van der Waals surface area (Å²) in [6, 6.07) is 5.18. The summed E-state index contributed by atoms with van der Waals surface area (Å²) >= 11 is 4.03. The molecule has 0 radical (unpaired) electrons. The van der Waals surface area contributed by atoms with Crippen LogP contribution in [0.15, 0.2) is 12.1 Å². The van der Waals surface area contributed by atoms with E-state index in [1.807, 2.05) is 11.3 Å². The van der Waals surface area contributed by atoms with E-state index in [1.165, 1.54) is 40.5 Å². The highest BCUT2D eigenvalue weighted by molar-refractivity contribution is 7.99. The fraction of sp³-hybridized carbons (Fsp3) is 0.692. The van der Waals surface area contributed by atoms with Gasteiger partial charge in [-0.15, -0.1) is 11.3 Å². The molecule has 1 N–H and O–H groups in total. The molecule has 0 aliphatic rings. The molecule has 1 heterocycles. The van der Waals surface area contributed by atoms with Gasteiger partial charge in [-0.05, 0) is 44.2 Å². The highest BCUT2D eigenvalue weighted by Crippen LogP contribution is 2.19. The topological polar surface area (TPSA) is 12.0 Å². The molecule has 16 heavy (non-hydrogen) atoms. The lowest BCUT2D eigenvalue weighted by atomic mass is 10.2. The highest BCUT2D eigenvalue weighted by Gasteiger charge is 2.08. The molecule has 1 aromatic heterocycles. The minimum Gasteiger partial charge on any atom is -0.316 e. The maximum absolute atomic E-state index is 3.42. The minimum absolute atomic E-state index is 0.625. The summed E-state index contributed by atoms with van der Waals surface area (Å²) in [7, 11) is 2.07. The van der Waals surface area contributed by atoms with Crippen molar-refractivity contribution in [2.75, 3.05) is 18.6 Å². The van der Waals surface area contributed by atoms with Gasteiger partial charge in [-0.2, -0.15) is 11.8 Å². The van der Waals surface area contributed by atoms with Crippen LogP contribution in [0.1, 0.15) is 30.0 Å². The molecule has 1 aromatic rings. The lowest BCUT2D eigenvalue weighted by Gasteiger charge is -2.14. The van der Waals surface area contributed by atoms with Gasteiger partial charge in [0.1, 0.15) is 0 Å². The van der Waals surface area contributed by atoms with Crippen LogP contribution in [-0.4, -0.2) is 24.6 Å². The van der Waals surface area contributed by atoms with E-state index >= 15 is 0 Å². The Morgan fingerprint density at radius 3 is 2.62 bits per heavy atom. The molecule has 1 rings (SSSR count). The van der Waals surface area contributed by atoms with Crippen LogP contribution in [0, 0.1) is 0 Å². The Morgan fingerprint density at radius 2 is 2.06 bits per heavy atom. The molecule has 0 bridgehead atoms. The van der Waals surface area contributed by atoms with E-state index in [0.29, 0.717) is 6.04 Å². The van der Waals surface area contributed by atoms with Crippen molar-refractivity contribution in [1.29, 1.82) is 0 Å². The van der Waals surface area contributed by atoms with E-state index in [9.17, 15) is 0 Å². The largest absolute Gasteiger partial charge is 0.316 e. The van der Waals surface area contributed by atoms with Gasteiger partial charge in [-0.25, -0.2) is 0 Å². The molecular formula is C13H23NS2. The van der Waals surface area contributed by atoms with E-state index in [-0.39, 0.29) is 0 Å². The lowest BCUT2D eigenvalue weighted by molar-refractivity contribution is 0.622. The van der Waals surface area contributed by atoms with E-state index in [0.717, 1.165) is 0 Å². The number of thioether (sulfide) groups is 1. The van der Waals surface area contributed by atoms with Crippen molar-refractivity contribution in [1.82, 2.24) is 5.32 Å². The molecule has 1 nitrogen and oxygen atoms in total. The second-order valence-electron chi connectivity index (χ2n) is 3.99. The Kier molecular flexibility index (Phi) is 7.17. The van der Waals surface area contributed by atoms with Crippen LogP contribution in [0.4, 0.5) is 0 Å². The van der Waals surface area contributed by atoms with Gasteiger partial charge in [-0.3, -0.25) is 0 Å². The average molecular weight is 257 g/mol. The van der Waals surface area contributed by atoms with Crippen LogP contribution >= 0.6 is 23.1 Å². The summed E-state index contributed by atoms with van der Waals surface area (Å²) < 4.78 is 0. The summed E-state index contributed by atoms with van der Waals surface area (Å²) in [5, 5.41) is 3.42. The van der Waals surface area contributed by atoms with Crippen LogP contribution in [0.3, 0.4) is 0 Å². The van der Waals surface area contributed by atoms with E-state index in [1.54, 1.807) is 0 Å². The summed E-state index contributed by atoms with van der Waals surface area (Å²) in [4.78, 5) is 3.03. The molecule has 0 aromatic carbocycles. The van der Waals surface area contributed by atoms with Gasteiger partial charge in [-0.1, -0.05) is 13.8 Å². The first-order valence-electron chi connectivity index (χ1n) is 6.12. The quantitative estimate of drug-likeness (QED) is 0.714. The van der Waals surface area contributed by atoms with Gasteiger partial charge in [0, 0.05) is 21.5 Å². The number of likely N-dealkylation sites (N-methyl/N-ethyl adjacent to an activating group) is 1. The van der Waals surface area contributed by atoms with E-state index in [4.69, 9.17) is 0 Å². The van der Waals surface area contributed by atoms with Crippen molar-refractivity contribution in [3.05, 3.63) is 21.9 Å². The Balaban J connectivity index is 2.36. The number of aryl methyl sites for hydroxylation is 1. The first-order chi connectivity index (χ1) is 7.80. The molecule has 0 fully saturated rings. The third-order valence-electron chi connectivity index (χ3n) is 2.59. The van der Waals surface area contributed by atoms with Crippen molar-refractivity contribution in [2.45, 2.75) is 39.2 Å². The third-order valence-corrected chi connectivity index (χ3v) is 5.18. The van der Waals surface area contributed by atoms with Crippen molar-refractivity contribution >= 4 is 23.1 Å². The van der Waals surface area contributed by atoms with Crippen molar-refractivity contribution < 1.29 is 0 Å². The Bertz CT molecular complexity index is 283. The molecule has 0 saturated heterocycles. The zero-order valence-electron chi connectivity index (χ0n) is 10.6. The number of hydrogen-bond acceptors (Lipinski definition) is 3. The van der Waals surface area contributed by atoms with Gasteiger partial charge < -0.3 is 5.32 Å². The van der Waals surface area contributed by atoms with E-state index < -0.39 is 0 Å². The Hall–Kier alpha value is 0.01000. The number of hydrogen-bond donors (Lipinski definition) is 1. The van der Waals surface area contributed by atoms with Crippen molar-refractivity contribution in [2.24, 2.45) is 0 Å². The maximum atomic E-state index is 3.42. The molecular weight excluding hydrogens is 234 g/mol. The molecule has 92 valence electrons. The zero-order valence-corrected chi connectivity index (χ0v) is 12.2. The molecule has 0 amide bonds. The second-order valence-corrected chi connectivity index (χ2v) is 6.39. The lowest BCUT2D eigenvalue weighted by Crippen LogP contribution is -2.29. The monoisotopic (exact) mass is 257 g/mol. The third kappa shape index (κ3) is 4.89. The zero-order chi connectivity index (χ0) is 11.8. The van der Waals surface area contributed by atoms with Gasteiger partial charge in [0.05, 0.1) is 0 Å². The average Bonchev–Trinajstić information content (AvgIpc) is 2.75. The number of nitrogens with one attached hydrogen (secondary N) is 1. The first-order valence-corrected chi connectivity index (χ1v) is 8.09. The molecule has 1 atom stereocenters. The molecule has 0 aliphatic heterocycles. The molecule has 0 aliphatic carbocycles. The van der Waals surface area contributed by atoms with Crippen LogP contribution in [0.2, 0.25) is 0 Å². The normalized spacial score (nSPS) is 12.9. The second kappa shape index (κ2) is 8.15. The fourth-order valence-corrected chi connectivity index (χ4v) is 3.64. The van der Waals surface area contributed by atoms with Gasteiger partial charge in [0.25, 0.3) is 0 Å². The van der Waals surface area contributed by atoms with Crippen LogP contribution in [0.5, 0.6) is 0 Å². The van der Waals surface area contributed by atoms with Crippen LogP contribution in [0.25, 0.3) is 0 Å². The Morgan fingerprint density at radius 1 is 1.31 bits per heavy atom. The molecule has 0 spiro atoms. The standard InChI is InChI=1S/C13H23NS2/c1-4-8-15-10-11(14-3)9-13-7-6-12(5-2)16-13/h6-7,11,14H,4-5,8-10H2,1-3H3. The number of rotatable bonds is 8. The summed E-state index contributed by atoms with van der Waals surface area (Å²) in [5.41, 5.74) is 0. The van der Waals surface area contributed by atoms with E-state index in [2.05, 4.69) is 50.1 Å². The van der Waals surface area contributed by atoms with Crippen molar-refractivity contribution in [3.8, 4) is 0 Å². The van der Waals surface area contributed by atoms with Crippen LogP contribution in [-0.2, 0) is 12.8 Å². The predicted molar refractivity (Wildman–Crippen MR) is 77.9 cm³/mol. The fourth-order valence-electron chi connectivity index (χ4n) is 1.58. The van der Waals surface area contributed by atoms with Gasteiger partial charge >= 0.3 is 0 Å². The highest BCUT2D eigenvalue weighted by atomic mass is 32.2. The van der Waals surface area contributed by atoms with Gasteiger partial charge in [0.2, 0.25) is 0 Å². The molecule has 0 saturated carbocycles. The van der Waals surface area contributed by atoms with Gasteiger partial charge in [0.15, 0.2) is 0 Å². The first kappa shape index (κ1) is 14.1. The maximum Gasteiger partial charge on any atom is 0.0203 e. The number of thiophene rings is 1. The molecule has 3 heteroatoms. The Labute approximate surface area is 108 Å².